The molecule has 0 N–H and O–H groups in total. The summed E-state index contributed by atoms with van der Waals surface area (Å²) in [5.74, 6) is -0.121. The monoisotopic (exact) mass is 208 g/mol. The van der Waals surface area contributed by atoms with E-state index in [0.29, 0.717) is 6.61 Å². The molecule has 80 valence electrons. The lowest BCUT2D eigenvalue weighted by Crippen LogP contribution is -1.97. The van der Waals surface area contributed by atoms with Crippen LogP contribution in [0.3, 0.4) is 0 Å². The molecule has 4 heteroatoms. The Bertz CT molecular complexity index is 158. The number of ether oxygens (including phenoxy) is 1. The van der Waals surface area contributed by atoms with Crippen LogP contribution < -0.4 is 0 Å². The molecule has 0 aliphatic rings. The average molecular weight is 208 g/mol. The van der Waals surface area contributed by atoms with Crippen LogP contribution in [0, 0.1) is 0 Å². The van der Waals surface area contributed by atoms with Crippen molar-refractivity contribution in [3.8, 4) is 0 Å². The van der Waals surface area contributed by atoms with Crippen molar-refractivity contribution in [3.63, 3.8) is 0 Å². The lowest BCUT2D eigenvalue weighted by molar-refractivity contribution is 0.172. The van der Waals surface area contributed by atoms with Crippen LogP contribution in [0.5, 0.6) is 0 Å². The molecule has 0 saturated carbocycles. The fourth-order valence-corrected chi connectivity index (χ4v) is 1.40. The van der Waals surface area contributed by atoms with E-state index in [9.17, 15) is 8.42 Å². The maximum atomic E-state index is 10.1. The lowest BCUT2D eigenvalue weighted by atomic mass is 10.1. The zero-order valence-corrected chi connectivity index (χ0v) is 9.22. The molecule has 0 aromatic carbocycles. The molecule has 0 spiro atoms. The molecule has 13 heavy (non-hydrogen) atoms. The van der Waals surface area contributed by atoms with Crippen molar-refractivity contribution in [1.82, 2.24) is 0 Å². The highest BCUT2D eigenvalue weighted by molar-refractivity contribution is 7.72. The van der Waals surface area contributed by atoms with Gasteiger partial charge in [0.1, 0.15) is 5.94 Å². The summed E-state index contributed by atoms with van der Waals surface area (Å²) < 4.78 is 25.1. The maximum Gasteiger partial charge on any atom is 0.164 e. The lowest BCUT2D eigenvalue weighted by Gasteiger charge is -2.00. The average Bonchev–Trinajstić information content (AvgIpc) is 2.09. The molecule has 0 aliphatic carbocycles. The van der Waals surface area contributed by atoms with Crippen molar-refractivity contribution in [2.75, 3.05) is 12.5 Å². The van der Waals surface area contributed by atoms with Crippen molar-refractivity contribution in [1.29, 1.82) is 0 Å². The first-order valence-electron chi connectivity index (χ1n) is 4.97. The third-order valence-electron chi connectivity index (χ3n) is 1.84. The van der Waals surface area contributed by atoms with E-state index in [1.807, 2.05) is 0 Å². The molecule has 0 bridgehead atoms. The molecule has 0 aliphatic heterocycles. The Morgan fingerprint density at radius 2 is 1.62 bits per heavy atom. The fraction of sp³-hybridized carbons (Fsp3) is 1.00. The number of thiol groups is 1. The van der Waals surface area contributed by atoms with Crippen molar-refractivity contribution in [2.45, 2.75) is 45.4 Å². The Morgan fingerprint density at radius 1 is 1.00 bits per heavy atom. The first-order chi connectivity index (χ1) is 6.27. The number of unbranched alkanes of at least 4 members (excludes halogenated alkanes) is 5. The zero-order valence-electron chi connectivity index (χ0n) is 8.33. The number of hydrogen-bond acceptors (Lipinski definition) is 3. The summed E-state index contributed by atoms with van der Waals surface area (Å²) in [6.07, 6.45) is 7.20. The molecule has 0 fully saturated rings. The quantitative estimate of drug-likeness (QED) is 0.465. The van der Waals surface area contributed by atoms with Crippen molar-refractivity contribution >= 4 is 10.7 Å². The van der Waals surface area contributed by atoms with Crippen LogP contribution in [0.4, 0.5) is 0 Å². The smallest absolute Gasteiger partial charge is 0.164 e. The summed E-state index contributed by atoms with van der Waals surface area (Å²) in [4.78, 5) is 0. The van der Waals surface area contributed by atoms with Crippen LogP contribution >= 0.6 is 0 Å². The van der Waals surface area contributed by atoms with Gasteiger partial charge >= 0.3 is 0 Å². The van der Waals surface area contributed by atoms with E-state index in [1.165, 1.54) is 25.7 Å². The van der Waals surface area contributed by atoms with Gasteiger partial charge in [-0.05, 0) is 6.42 Å². The van der Waals surface area contributed by atoms with Gasteiger partial charge in [-0.1, -0.05) is 39.0 Å². The van der Waals surface area contributed by atoms with E-state index in [2.05, 4.69) is 6.92 Å². The molecule has 0 amide bonds. The second-order valence-electron chi connectivity index (χ2n) is 3.14. The first kappa shape index (κ1) is 12.9. The van der Waals surface area contributed by atoms with Crippen molar-refractivity contribution in [3.05, 3.63) is 0 Å². The van der Waals surface area contributed by atoms with Gasteiger partial charge in [0, 0.05) is 6.61 Å². The largest absolute Gasteiger partial charge is 0.366 e. The second-order valence-corrected chi connectivity index (χ2v) is 4.06. The van der Waals surface area contributed by atoms with Crippen LogP contribution in [0.15, 0.2) is 0 Å². The molecule has 0 aromatic rings. The third-order valence-corrected chi connectivity index (χ3v) is 2.23. The summed E-state index contributed by atoms with van der Waals surface area (Å²) in [7, 11) is -2.35. The Hall–Kier alpha value is -0.0900. The van der Waals surface area contributed by atoms with Gasteiger partial charge in [-0.15, -0.1) is 0 Å². The third kappa shape index (κ3) is 11.9. The first-order valence-corrected chi connectivity index (χ1v) is 6.33. The van der Waals surface area contributed by atoms with Gasteiger partial charge in [-0.2, -0.15) is 0 Å². The van der Waals surface area contributed by atoms with Gasteiger partial charge in [0.25, 0.3) is 0 Å². The van der Waals surface area contributed by atoms with Crippen molar-refractivity contribution in [2.24, 2.45) is 0 Å². The summed E-state index contributed by atoms with van der Waals surface area (Å²) in [6.45, 7) is 2.77. The minimum absolute atomic E-state index is 0.121. The van der Waals surface area contributed by atoms with Crippen LogP contribution in [-0.4, -0.2) is 21.0 Å². The summed E-state index contributed by atoms with van der Waals surface area (Å²) in [5, 5.41) is 0. The second kappa shape index (κ2) is 9.99. The maximum absolute atomic E-state index is 10.1. The Balaban J connectivity index is 2.91. The van der Waals surface area contributed by atoms with E-state index in [-0.39, 0.29) is 5.94 Å². The van der Waals surface area contributed by atoms with Crippen LogP contribution in [0.25, 0.3) is 0 Å². The number of rotatable bonds is 9. The van der Waals surface area contributed by atoms with E-state index in [1.54, 1.807) is 0 Å². The molecule has 0 aromatic heterocycles. The summed E-state index contributed by atoms with van der Waals surface area (Å²) in [6, 6.07) is 0. The predicted octanol–water partition coefficient (Wildman–Crippen LogP) is 1.93. The van der Waals surface area contributed by atoms with Crippen LogP contribution in [0.1, 0.15) is 45.4 Å². The Labute approximate surface area is 82.4 Å². The highest BCUT2D eigenvalue weighted by Crippen LogP contribution is 2.04. The molecular weight excluding hydrogens is 188 g/mol. The van der Waals surface area contributed by atoms with E-state index < -0.39 is 10.7 Å². The van der Waals surface area contributed by atoms with E-state index in [4.69, 9.17) is 4.74 Å². The number of hydrogen-bond donors (Lipinski definition) is 1. The fourth-order valence-electron chi connectivity index (χ4n) is 1.12. The standard InChI is InChI=1S/C9H20O3S/c1-2-3-4-5-6-7-8-12-9-13(10)11/h13H,2-9H2,1H3. The topological polar surface area (TPSA) is 43.4 Å². The SMILES string of the molecule is CCCCCCCCOC[SH](=O)=O. The minimum Gasteiger partial charge on any atom is -0.366 e. The minimum atomic E-state index is -2.35. The molecule has 0 saturated heterocycles. The van der Waals surface area contributed by atoms with Crippen molar-refractivity contribution < 1.29 is 13.2 Å². The highest BCUT2D eigenvalue weighted by Gasteiger charge is 1.91. The normalized spacial score (nSPS) is 10.9. The Kier molecular flexibility index (Phi) is 9.92. The summed E-state index contributed by atoms with van der Waals surface area (Å²) >= 11 is 0. The molecule has 0 heterocycles. The molecule has 0 rings (SSSR count). The van der Waals surface area contributed by atoms with Gasteiger partial charge in [0.05, 0.1) is 0 Å². The van der Waals surface area contributed by atoms with Gasteiger partial charge in [-0.25, -0.2) is 8.42 Å². The Morgan fingerprint density at radius 3 is 2.23 bits per heavy atom. The molecule has 3 nitrogen and oxygen atoms in total. The highest BCUT2D eigenvalue weighted by atomic mass is 32.2. The molecular formula is C9H20O3S. The van der Waals surface area contributed by atoms with Gasteiger partial charge in [-0.3, -0.25) is 0 Å². The summed E-state index contributed by atoms with van der Waals surface area (Å²) in [5.41, 5.74) is 0. The van der Waals surface area contributed by atoms with Gasteiger partial charge in [0.2, 0.25) is 0 Å². The van der Waals surface area contributed by atoms with Gasteiger partial charge < -0.3 is 4.74 Å². The van der Waals surface area contributed by atoms with Gasteiger partial charge in [0.15, 0.2) is 10.7 Å². The van der Waals surface area contributed by atoms with Crippen LogP contribution in [0.2, 0.25) is 0 Å². The molecule has 0 radical (unpaired) electrons. The van der Waals surface area contributed by atoms with E-state index in [0.717, 1.165) is 12.8 Å². The predicted molar refractivity (Wildman–Crippen MR) is 54.5 cm³/mol. The van der Waals surface area contributed by atoms with E-state index >= 15 is 0 Å². The zero-order chi connectivity index (χ0) is 9.94. The molecule has 0 unspecified atom stereocenters. The van der Waals surface area contributed by atoms with Crippen LogP contribution in [-0.2, 0) is 15.4 Å². The molecule has 0 atom stereocenters.